The van der Waals surface area contributed by atoms with Crippen molar-refractivity contribution in [1.82, 2.24) is 25.5 Å². The van der Waals surface area contributed by atoms with Crippen LogP contribution in [-0.2, 0) is 9.59 Å². The zero-order valence-corrected chi connectivity index (χ0v) is 12.6. The van der Waals surface area contributed by atoms with Gasteiger partial charge in [0.1, 0.15) is 5.70 Å². The lowest BCUT2D eigenvalue weighted by molar-refractivity contribution is -0.137. The van der Waals surface area contributed by atoms with Crippen LogP contribution in [0.4, 0.5) is 5.69 Å². The van der Waals surface area contributed by atoms with Crippen molar-refractivity contribution in [2.75, 3.05) is 18.5 Å². The summed E-state index contributed by atoms with van der Waals surface area (Å²) >= 11 is 0. The van der Waals surface area contributed by atoms with E-state index in [0.717, 1.165) is 11.0 Å². The Hall–Kier alpha value is -3.60. The molecule has 1 aliphatic heterocycles. The fourth-order valence-electron chi connectivity index (χ4n) is 2.31. The largest absolute Gasteiger partial charge is 0.478 e. The molecule has 0 radical (unpaired) electrons. The molecule has 0 unspecified atom stereocenters. The third-order valence-electron chi connectivity index (χ3n) is 3.46. The summed E-state index contributed by atoms with van der Waals surface area (Å²) in [6.07, 6.45) is 1.05. The lowest BCUT2D eigenvalue weighted by Crippen LogP contribution is -2.34. The Labute approximate surface area is 140 Å². The molecule has 2 aromatic rings. The number of imide groups is 1. The molecular formula is C14H12N6O5. The maximum absolute atomic E-state index is 12.2. The van der Waals surface area contributed by atoms with Gasteiger partial charge in [0.25, 0.3) is 11.8 Å². The van der Waals surface area contributed by atoms with Gasteiger partial charge in [-0.15, -0.1) is 10.2 Å². The fourth-order valence-corrected chi connectivity index (χ4v) is 2.31. The van der Waals surface area contributed by atoms with Gasteiger partial charge in [0.2, 0.25) is 5.82 Å². The zero-order chi connectivity index (χ0) is 18.0. The highest BCUT2D eigenvalue weighted by Crippen LogP contribution is 2.26. The molecule has 128 valence electrons. The lowest BCUT2D eigenvalue weighted by Gasteiger charge is -2.14. The predicted molar refractivity (Wildman–Crippen MR) is 82.1 cm³/mol. The van der Waals surface area contributed by atoms with Crippen molar-refractivity contribution in [2.45, 2.75) is 0 Å². The number of aliphatic hydroxyl groups excluding tert-OH is 1. The van der Waals surface area contributed by atoms with Crippen molar-refractivity contribution in [3.8, 4) is 11.4 Å². The highest BCUT2D eigenvalue weighted by atomic mass is 16.4. The number of β-amino-alcohol motifs (C(OH)–C–C–N with tert-alkyl or cyclic N) is 1. The van der Waals surface area contributed by atoms with Crippen molar-refractivity contribution in [3.05, 3.63) is 35.5 Å². The first-order valence-corrected chi connectivity index (χ1v) is 7.08. The summed E-state index contributed by atoms with van der Waals surface area (Å²) in [5, 5.41) is 34.2. The molecule has 1 aromatic carbocycles. The van der Waals surface area contributed by atoms with E-state index in [1.807, 2.05) is 0 Å². The molecule has 0 fully saturated rings. The highest BCUT2D eigenvalue weighted by Gasteiger charge is 2.31. The smallest absolute Gasteiger partial charge is 0.337 e. The first-order chi connectivity index (χ1) is 12.0. The Morgan fingerprint density at radius 1 is 1.32 bits per heavy atom. The third kappa shape index (κ3) is 3.07. The fraction of sp³-hybridized carbons (Fsp3) is 0.143. The number of aromatic nitrogens is 4. The number of carbonyl (C=O) groups excluding carboxylic acids is 2. The standard InChI is InChI=1S/C14H12N6O5/c21-4-3-20-11(22)6-10(13(20)23)15-9-5-7(12-16-18-19-17-12)1-2-8(9)14(24)25/h1-2,5-6,15,21H,3-4H2,(H,24,25)(H,16,17,18,19). The molecule has 0 bridgehead atoms. The van der Waals surface area contributed by atoms with Crippen LogP contribution in [0.3, 0.4) is 0 Å². The summed E-state index contributed by atoms with van der Waals surface area (Å²) in [4.78, 5) is 36.2. The van der Waals surface area contributed by atoms with Gasteiger partial charge in [-0.1, -0.05) is 6.07 Å². The third-order valence-corrected chi connectivity index (χ3v) is 3.46. The number of aromatic amines is 1. The summed E-state index contributed by atoms with van der Waals surface area (Å²) in [7, 11) is 0. The molecule has 0 atom stereocenters. The number of rotatable bonds is 6. The molecule has 2 heterocycles. The van der Waals surface area contributed by atoms with Crippen LogP contribution in [0.1, 0.15) is 10.4 Å². The number of carbonyl (C=O) groups is 3. The summed E-state index contributed by atoms with van der Waals surface area (Å²) in [5.41, 5.74) is 0.360. The van der Waals surface area contributed by atoms with E-state index in [0.29, 0.717) is 5.56 Å². The summed E-state index contributed by atoms with van der Waals surface area (Å²) in [5.74, 6) is -2.22. The van der Waals surface area contributed by atoms with E-state index < -0.39 is 17.8 Å². The molecule has 2 amide bonds. The number of nitrogens with zero attached hydrogens (tertiary/aromatic N) is 4. The minimum atomic E-state index is -1.22. The summed E-state index contributed by atoms with van der Waals surface area (Å²) in [6, 6.07) is 4.25. The van der Waals surface area contributed by atoms with Gasteiger partial charge in [-0.3, -0.25) is 14.5 Å². The van der Waals surface area contributed by atoms with Gasteiger partial charge in [0.05, 0.1) is 24.4 Å². The second-order valence-corrected chi connectivity index (χ2v) is 5.00. The van der Waals surface area contributed by atoms with Crippen LogP contribution in [0.5, 0.6) is 0 Å². The van der Waals surface area contributed by atoms with Crippen LogP contribution in [0.15, 0.2) is 30.0 Å². The number of carboxylic acid groups (broad SMARTS) is 1. The molecule has 4 N–H and O–H groups in total. The highest BCUT2D eigenvalue weighted by molar-refractivity contribution is 6.17. The zero-order valence-electron chi connectivity index (χ0n) is 12.6. The van der Waals surface area contributed by atoms with Gasteiger partial charge in [-0.2, -0.15) is 5.21 Å². The second-order valence-electron chi connectivity index (χ2n) is 5.00. The van der Waals surface area contributed by atoms with E-state index in [1.54, 1.807) is 0 Å². The predicted octanol–water partition coefficient (Wildman–Crippen LogP) is -0.778. The number of H-pyrrole nitrogens is 1. The second kappa shape index (κ2) is 6.49. The average molecular weight is 344 g/mol. The Morgan fingerprint density at radius 3 is 2.76 bits per heavy atom. The molecule has 25 heavy (non-hydrogen) atoms. The van der Waals surface area contributed by atoms with Gasteiger partial charge in [-0.05, 0) is 17.3 Å². The Balaban J connectivity index is 1.95. The van der Waals surface area contributed by atoms with Gasteiger partial charge >= 0.3 is 5.97 Å². The minimum Gasteiger partial charge on any atom is -0.478 e. The molecule has 1 aromatic heterocycles. The molecular weight excluding hydrogens is 332 g/mol. The first-order valence-electron chi connectivity index (χ1n) is 7.08. The number of carboxylic acids is 1. The first kappa shape index (κ1) is 16.3. The van der Waals surface area contributed by atoms with Crippen LogP contribution in [0, 0.1) is 0 Å². The van der Waals surface area contributed by atoms with Crippen molar-refractivity contribution < 1.29 is 24.6 Å². The molecule has 11 nitrogen and oxygen atoms in total. The van der Waals surface area contributed by atoms with E-state index in [-0.39, 0.29) is 35.9 Å². The normalized spacial score (nSPS) is 14.0. The molecule has 0 saturated heterocycles. The number of aromatic carboxylic acids is 1. The molecule has 1 aliphatic rings. The van der Waals surface area contributed by atoms with E-state index in [9.17, 15) is 19.5 Å². The quantitative estimate of drug-likeness (QED) is 0.492. The van der Waals surface area contributed by atoms with E-state index in [2.05, 4.69) is 25.9 Å². The lowest BCUT2D eigenvalue weighted by atomic mass is 10.1. The van der Waals surface area contributed by atoms with Crippen LogP contribution in [0.25, 0.3) is 11.4 Å². The van der Waals surface area contributed by atoms with Crippen molar-refractivity contribution in [2.24, 2.45) is 0 Å². The van der Waals surface area contributed by atoms with Gasteiger partial charge < -0.3 is 15.5 Å². The Kier molecular flexibility index (Phi) is 4.22. The van der Waals surface area contributed by atoms with Crippen molar-refractivity contribution >= 4 is 23.5 Å². The van der Waals surface area contributed by atoms with Crippen LogP contribution < -0.4 is 5.32 Å². The SMILES string of the molecule is O=C(O)c1ccc(-c2nn[nH]n2)cc1NC1=CC(=O)N(CCO)C1=O. The topological polar surface area (TPSA) is 161 Å². The maximum atomic E-state index is 12.2. The van der Waals surface area contributed by atoms with E-state index >= 15 is 0 Å². The van der Waals surface area contributed by atoms with Crippen LogP contribution >= 0.6 is 0 Å². The number of hydrogen-bond donors (Lipinski definition) is 4. The number of hydrogen-bond acceptors (Lipinski definition) is 8. The van der Waals surface area contributed by atoms with E-state index in [4.69, 9.17) is 5.11 Å². The number of anilines is 1. The van der Waals surface area contributed by atoms with Crippen LogP contribution in [0.2, 0.25) is 0 Å². The minimum absolute atomic E-state index is 0.0908. The number of amides is 2. The maximum Gasteiger partial charge on any atom is 0.337 e. The van der Waals surface area contributed by atoms with Crippen molar-refractivity contribution in [3.63, 3.8) is 0 Å². The number of nitrogens with one attached hydrogen (secondary N) is 2. The molecule has 11 heteroatoms. The van der Waals surface area contributed by atoms with Gasteiger partial charge in [-0.25, -0.2) is 4.79 Å². The van der Waals surface area contributed by atoms with E-state index in [1.165, 1.54) is 18.2 Å². The number of aliphatic hydroxyl groups is 1. The Bertz CT molecular complexity index is 876. The molecule has 0 saturated carbocycles. The Morgan fingerprint density at radius 2 is 2.12 bits per heavy atom. The molecule has 3 rings (SSSR count). The van der Waals surface area contributed by atoms with Crippen LogP contribution in [-0.4, -0.2) is 66.7 Å². The summed E-state index contributed by atoms with van der Waals surface area (Å²) < 4.78 is 0. The van der Waals surface area contributed by atoms with Gasteiger partial charge in [0, 0.05) is 11.6 Å². The monoisotopic (exact) mass is 344 g/mol. The summed E-state index contributed by atoms with van der Waals surface area (Å²) in [6.45, 7) is -0.514. The van der Waals surface area contributed by atoms with Crippen molar-refractivity contribution in [1.29, 1.82) is 0 Å². The average Bonchev–Trinajstić information content (AvgIpc) is 3.20. The number of tetrazole rings is 1. The van der Waals surface area contributed by atoms with Gasteiger partial charge in [0.15, 0.2) is 0 Å². The molecule has 0 spiro atoms. The molecule has 0 aliphatic carbocycles. The number of benzene rings is 1.